The number of amides is 7. The summed E-state index contributed by atoms with van der Waals surface area (Å²) in [4.78, 5) is 110. The van der Waals surface area contributed by atoms with E-state index in [4.69, 9.17) is 25.2 Å². The van der Waals surface area contributed by atoms with Crippen LogP contribution in [-0.2, 0) is 48.4 Å². The summed E-state index contributed by atoms with van der Waals surface area (Å²) in [6, 6.07) is 20.3. The van der Waals surface area contributed by atoms with Crippen LogP contribution in [0.3, 0.4) is 0 Å². The maximum absolute atomic E-state index is 14.2. The van der Waals surface area contributed by atoms with Crippen LogP contribution in [0.15, 0.2) is 97.5 Å². The quantitative estimate of drug-likeness (QED) is 0.0279. The third kappa shape index (κ3) is 14.9. The summed E-state index contributed by atoms with van der Waals surface area (Å²) >= 11 is 0. The third-order valence-electron chi connectivity index (χ3n) is 12.9. The number of pyridine rings is 2. The minimum absolute atomic E-state index is 0.0322. The molecule has 0 unspecified atom stereocenters. The number of imidazole rings is 1. The highest BCUT2D eigenvalue weighted by Gasteiger charge is 2.30. The molecule has 5 heterocycles. The molecule has 6 aromatic rings. The van der Waals surface area contributed by atoms with E-state index in [9.17, 15) is 33.6 Å². The summed E-state index contributed by atoms with van der Waals surface area (Å²) in [6.07, 6.45) is 7.32. The van der Waals surface area contributed by atoms with Gasteiger partial charge in [0.05, 0.1) is 36.8 Å². The fourth-order valence-corrected chi connectivity index (χ4v) is 8.72. The number of urea groups is 1. The average molecular weight is 1040 g/mol. The van der Waals surface area contributed by atoms with Crippen LogP contribution in [-0.4, -0.2) is 107 Å². The number of carbonyl (C=O) groups is 7. The summed E-state index contributed by atoms with van der Waals surface area (Å²) in [6.45, 7) is 8.01. The van der Waals surface area contributed by atoms with Crippen LogP contribution in [0.25, 0.3) is 28.3 Å². The number of rotatable bonds is 26. The predicted octanol–water partition coefficient (Wildman–Crippen LogP) is 6.73. The number of ketones is 1. The van der Waals surface area contributed by atoms with Crippen molar-refractivity contribution in [2.75, 3.05) is 25.5 Å². The number of aryl methyl sites for hydroxylation is 2. The number of aromatic nitrogens is 6. The molecule has 2 aromatic carbocycles. The minimum Gasteiger partial charge on any atom is -0.497 e. The molecule has 1 aliphatic rings. The Labute approximate surface area is 440 Å². The van der Waals surface area contributed by atoms with Crippen molar-refractivity contribution in [2.24, 2.45) is 17.6 Å². The van der Waals surface area contributed by atoms with Gasteiger partial charge in [0, 0.05) is 73.7 Å². The Morgan fingerprint density at radius 1 is 0.882 bits per heavy atom. The van der Waals surface area contributed by atoms with Crippen LogP contribution in [0.4, 0.5) is 15.3 Å². The zero-order chi connectivity index (χ0) is 54.3. The smallest absolute Gasteiger partial charge is 0.410 e. The first kappa shape index (κ1) is 55.0. The van der Waals surface area contributed by atoms with Crippen molar-refractivity contribution >= 4 is 52.9 Å². The molecule has 1 aliphatic heterocycles. The molecule has 0 saturated heterocycles. The largest absolute Gasteiger partial charge is 0.497 e. The van der Waals surface area contributed by atoms with Gasteiger partial charge in [-0.25, -0.2) is 24.1 Å². The molecule has 7 rings (SSSR count). The highest BCUT2D eigenvalue weighted by atomic mass is 16.6. The van der Waals surface area contributed by atoms with Gasteiger partial charge in [0.2, 0.25) is 11.8 Å². The summed E-state index contributed by atoms with van der Waals surface area (Å²) < 4.78 is 13.1. The van der Waals surface area contributed by atoms with E-state index >= 15 is 0 Å². The summed E-state index contributed by atoms with van der Waals surface area (Å²) in [5.41, 5.74) is 12.3. The number of Topliss-reactive ketones (excluding diaryl/α,β-unsaturated/α-hetero) is 1. The number of primary amides is 1. The first-order chi connectivity index (χ1) is 36.5. The van der Waals surface area contributed by atoms with E-state index in [0.29, 0.717) is 71.2 Å². The highest BCUT2D eigenvalue weighted by Crippen LogP contribution is 2.31. The van der Waals surface area contributed by atoms with E-state index in [2.05, 4.69) is 31.0 Å². The van der Waals surface area contributed by atoms with Gasteiger partial charge in [-0.2, -0.15) is 5.10 Å². The molecule has 4 aromatic heterocycles. The van der Waals surface area contributed by atoms with E-state index in [1.165, 1.54) is 18.5 Å². The minimum atomic E-state index is -0.860. The second kappa shape index (κ2) is 26.0. The summed E-state index contributed by atoms with van der Waals surface area (Å²) in [5.74, 6) is -1.78. The molecule has 2 atom stereocenters. The number of aromatic amines is 1. The Morgan fingerprint density at radius 2 is 1.66 bits per heavy atom. The number of hydrogen-bond acceptors (Lipinski definition) is 13. The average Bonchev–Trinajstić information content (AvgIpc) is 4.14. The highest BCUT2D eigenvalue weighted by molar-refractivity contribution is 6.12. The number of benzene rings is 2. The zero-order valence-electron chi connectivity index (χ0n) is 43.3. The van der Waals surface area contributed by atoms with Gasteiger partial charge in [-0.1, -0.05) is 44.5 Å². The number of carbonyl (C=O) groups excluding carboxylic acids is 7. The molecule has 6 N–H and O–H groups in total. The van der Waals surface area contributed by atoms with Crippen molar-refractivity contribution in [3.63, 3.8) is 0 Å². The van der Waals surface area contributed by atoms with Crippen molar-refractivity contribution in [3.8, 4) is 28.4 Å². The number of nitrogens with zero attached hydrogens (tertiary/aromatic N) is 7. The number of fused-ring (bicyclic) bond motifs is 1. The molecule has 0 saturated carbocycles. The standard InChI is InChI=1S/C55H64N12O9/c1-34(2)50(64-47(69)14-7-6-8-26-66-48(70)23-24-49(66)71)44(68)28-38(12-10-25-57-54(56)73)53(72)61-41-19-16-37(17-20-41)32-76-55(74)65(29-40-27-42(75-5)21-15-35(40)3)31-45-62-51(39-18-22-46-58-33-59-67(46)30-39)52(63-45)43-13-9-11-36(4)60-43/h9,11,13,15-24,27,30,33-34,38,50H,6-8,10,12,14,25-26,28-29,31-32H2,1-5H3,(H,61,72)(H,62,63)(H,64,69)(H3,56,57,73)/t38-,50+/m1/s1. The molecule has 0 radical (unpaired) electrons. The van der Waals surface area contributed by atoms with Crippen molar-refractivity contribution < 1.29 is 43.0 Å². The van der Waals surface area contributed by atoms with Crippen molar-refractivity contribution in [1.29, 1.82) is 0 Å². The number of ether oxygens (including phenoxy) is 2. The van der Waals surface area contributed by atoms with Gasteiger partial charge in [-0.15, -0.1) is 0 Å². The van der Waals surface area contributed by atoms with Crippen molar-refractivity contribution in [3.05, 3.63) is 126 Å². The lowest BCUT2D eigenvalue weighted by Crippen LogP contribution is -2.45. The first-order valence-corrected chi connectivity index (χ1v) is 25.2. The maximum Gasteiger partial charge on any atom is 0.410 e. The fourth-order valence-electron chi connectivity index (χ4n) is 8.72. The molecule has 398 valence electrons. The molecule has 76 heavy (non-hydrogen) atoms. The predicted molar refractivity (Wildman–Crippen MR) is 282 cm³/mol. The molecule has 0 aliphatic carbocycles. The molecule has 0 fully saturated rings. The number of unbranched alkanes of at least 4 members (excludes halogenated alkanes) is 2. The van der Waals surface area contributed by atoms with E-state index in [0.717, 1.165) is 27.3 Å². The topological polar surface area (TPSA) is 278 Å². The van der Waals surface area contributed by atoms with Gasteiger partial charge < -0.3 is 36.1 Å². The lowest BCUT2D eigenvalue weighted by molar-refractivity contribution is -0.137. The van der Waals surface area contributed by atoms with Gasteiger partial charge in [-0.05, 0) is 111 Å². The number of imide groups is 1. The lowest BCUT2D eigenvalue weighted by Gasteiger charge is -2.24. The van der Waals surface area contributed by atoms with Gasteiger partial charge in [0.1, 0.15) is 24.5 Å². The Bertz CT molecular complexity index is 3070. The van der Waals surface area contributed by atoms with E-state index in [1.54, 1.807) is 40.8 Å². The molecule has 21 nitrogen and oxygen atoms in total. The number of methoxy groups -OCH3 is 1. The van der Waals surface area contributed by atoms with Gasteiger partial charge in [0.25, 0.3) is 11.8 Å². The van der Waals surface area contributed by atoms with Crippen LogP contribution in [0.2, 0.25) is 0 Å². The fraction of sp³-hybridized carbons (Fsp3) is 0.364. The molecule has 0 spiro atoms. The molecule has 21 heteroatoms. The molecular weight excluding hydrogens is 973 g/mol. The number of hydrogen-bond donors (Lipinski definition) is 5. The van der Waals surface area contributed by atoms with Crippen LogP contribution in [0.5, 0.6) is 5.75 Å². The number of nitrogens with two attached hydrogens (primary N) is 1. The van der Waals surface area contributed by atoms with E-state index in [-0.39, 0.29) is 81.5 Å². The van der Waals surface area contributed by atoms with Crippen molar-refractivity contribution in [2.45, 2.75) is 98.4 Å². The second-order valence-electron chi connectivity index (χ2n) is 19.0. The Hall–Kier alpha value is -8.75. The zero-order valence-corrected chi connectivity index (χ0v) is 43.3. The van der Waals surface area contributed by atoms with Gasteiger partial charge in [-0.3, -0.25) is 38.8 Å². The number of nitrogens with one attached hydrogen (secondary N) is 4. The second-order valence-corrected chi connectivity index (χ2v) is 19.0. The molecule has 7 amide bonds. The molecule has 0 bridgehead atoms. The van der Waals surface area contributed by atoms with Gasteiger partial charge in [0.15, 0.2) is 11.4 Å². The van der Waals surface area contributed by atoms with E-state index < -0.39 is 30.0 Å². The van der Waals surface area contributed by atoms with Crippen LogP contribution in [0, 0.1) is 25.7 Å². The maximum atomic E-state index is 14.2. The third-order valence-corrected chi connectivity index (χ3v) is 12.9. The van der Waals surface area contributed by atoms with Crippen LogP contribution >= 0.6 is 0 Å². The number of anilines is 1. The SMILES string of the molecule is COc1ccc(C)c(CN(Cc2nc(-c3ccc4ncnn4c3)c(-c3cccc(C)n3)[nH]2)C(=O)OCc2ccc(NC(=O)[C@H](CCCNC(N)=O)CC(=O)[C@@H](NC(=O)CCCCCN3C(=O)C=CC3=O)C(C)C)cc2)c1. The summed E-state index contributed by atoms with van der Waals surface area (Å²) in [5, 5.41) is 12.6. The summed E-state index contributed by atoms with van der Waals surface area (Å²) in [7, 11) is 1.58. The van der Waals surface area contributed by atoms with Gasteiger partial charge >= 0.3 is 12.1 Å². The van der Waals surface area contributed by atoms with Crippen LogP contribution < -0.4 is 26.4 Å². The van der Waals surface area contributed by atoms with Crippen LogP contribution in [0.1, 0.15) is 87.0 Å². The monoisotopic (exact) mass is 1040 g/mol. The Kier molecular flexibility index (Phi) is 18.8. The Morgan fingerprint density at radius 3 is 2.38 bits per heavy atom. The normalized spacial score (nSPS) is 12.9. The number of H-pyrrole nitrogens is 1. The lowest BCUT2D eigenvalue weighted by atomic mass is 9.89. The van der Waals surface area contributed by atoms with E-state index in [1.807, 2.05) is 82.4 Å². The molecular formula is C55H64N12O9. The Balaban J connectivity index is 1.00. The van der Waals surface area contributed by atoms with Crippen molar-refractivity contribution in [1.82, 2.24) is 50.0 Å². The first-order valence-electron chi connectivity index (χ1n) is 25.2.